The Morgan fingerprint density at radius 2 is 1.88 bits per heavy atom. The lowest BCUT2D eigenvalue weighted by molar-refractivity contribution is -0.139. The molecule has 3 heterocycles. The quantitative estimate of drug-likeness (QED) is 0.235. The van der Waals surface area contributed by atoms with Gasteiger partial charge in [0.05, 0.1) is 42.7 Å². The largest absolute Gasteiger partial charge is 0.493 e. The van der Waals surface area contributed by atoms with Gasteiger partial charge in [-0.2, -0.15) is 0 Å². The van der Waals surface area contributed by atoms with E-state index >= 15 is 0 Å². The number of thiazole rings is 1. The van der Waals surface area contributed by atoms with Gasteiger partial charge in [0.15, 0.2) is 16.3 Å². The van der Waals surface area contributed by atoms with Crippen molar-refractivity contribution in [2.24, 2.45) is 4.99 Å². The highest BCUT2D eigenvalue weighted by Crippen LogP contribution is 2.40. The zero-order valence-electron chi connectivity index (χ0n) is 22.0. The van der Waals surface area contributed by atoms with Gasteiger partial charge in [-0.15, -0.1) is 0 Å². The number of rotatable bonds is 7. The van der Waals surface area contributed by atoms with Gasteiger partial charge in [-0.1, -0.05) is 55.3 Å². The summed E-state index contributed by atoms with van der Waals surface area (Å²) in [5.41, 5.74) is 1.95. The summed E-state index contributed by atoms with van der Waals surface area (Å²) >= 11 is 8.31. The Balaban J connectivity index is 1.69. The maximum atomic E-state index is 13.9. The molecule has 1 aliphatic heterocycles. The number of nitrogens with zero attached hydrogens (tertiary/aromatic N) is 2. The highest BCUT2D eigenvalue weighted by Gasteiger charge is 2.35. The molecule has 0 spiro atoms. The van der Waals surface area contributed by atoms with E-state index in [1.54, 1.807) is 32.1 Å². The van der Waals surface area contributed by atoms with Crippen molar-refractivity contribution in [3.05, 3.63) is 99.8 Å². The number of aromatic nitrogens is 1. The molecule has 1 aliphatic rings. The van der Waals surface area contributed by atoms with Crippen LogP contribution in [0.5, 0.6) is 11.5 Å². The molecule has 2 aromatic heterocycles. The predicted octanol–water partition coefficient (Wildman–Crippen LogP) is 5.60. The molecule has 0 aliphatic carbocycles. The van der Waals surface area contributed by atoms with Crippen molar-refractivity contribution in [3.8, 4) is 22.8 Å². The summed E-state index contributed by atoms with van der Waals surface area (Å²) < 4.78 is 25.9. The molecule has 0 saturated heterocycles. The van der Waals surface area contributed by atoms with Crippen LogP contribution >= 0.6 is 43.2 Å². The van der Waals surface area contributed by atoms with Gasteiger partial charge in [0.25, 0.3) is 5.56 Å². The topological polar surface area (TPSA) is 92.3 Å². The average molecular weight is 688 g/mol. The van der Waals surface area contributed by atoms with Crippen molar-refractivity contribution in [2.45, 2.75) is 19.9 Å². The fraction of sp³-hybridized carbons (Fsp3) is 0.207. The second kappa shape index (κ2) is 11.6. The number of furan rings is 1. The Morgan fingerprint density at radius 1 is 1.12 bits per heavy atom. The molecule has 8 nitrogen and oxygen atoms in total. The van der Waals surface area contributed by atoms with E-state index in [0.29, 0.717) is 48.1 Å². The van der Waals surface area contributed by atoms with Gasteiger partial charge < -0.3 is 18.6 Å². The maximum Gasteiger partial charge on any atom is 0.338 e. The third-order valence-electron chi connectivity index (χ3n) is 6.32. The highest BCUT2D eigenvalue weighted by molar-refractivity contribution is 9.10. The van der Waals surface area contributed by atoms with Crippen molar-refractivity contribution in [2.75, 3.05) is 20.8 Å². The molecule has 0 bridgehead atoms. The lowest BCUT2D eigenvalue weighted by atomic mass is 9.95. The summed E-state index contributed by atoms with van der Waals surface area (Å²) in [7, 11) is 3.07. The molecule has 0 amide bonds. The number of esters is 1. The summed E-state index contributed by atoms with van der Waals surface area (Å²) in [4.78, 5) is 32.2. The zero-order valence-corrected chi connectivity index (χ0v) is 26.0. The number of fused-ring (bicyclic) bond motifs is 1. The van der Waals surface area contributed by atoms with Gasteiger partial charge in [-0.25, -0.2) is 9.79 Å². The number of methoxy groups -OCH3 is 2. The van der Waals surface area contributed by atoms with Crippen LogP contribution in [-0.2, 0) is 9.53 Å². The van der Waals surface area contributed by atoms with Crippen LogP contribution in [0.2, 0.25) is 0 Å². The van der Waals surface area contributed by atoms with E-state index in [9.17, 15) is 9.59 Å². The van der Waals surface area contributed by atoms with Crippen molar-refractivity contribution in [1.82, 2.24) is 4.57 Å². The van der Waals surface area contributed by atoms with Crippen LogP contribution in [0, 0.1) is 0 Å². The lowest BCUT2D eigenvalue weighted by Gasteiger charge is -2.26. The van der Waals surface area contributed by atoms with Crippen molar-refractivity contribution < 1.29 is 23.4 Å². The Labute approximate surface area is 250 Å². The van der Waals surface area contributed by atoms with Crippen LogP contribution in [-0.4, -0.2) is 31.4 Å². The van der Waals surface area contributed by atoms with Crippen LogP contribution < -0.4 is 24.4 Å². The number of ether oxygens (including phenoxy) is 3. The zero-order chi connectivity index (χ0) is 28.6. The summed E-state index contributed by atoms with van der Waals surface area (Å²) in [5, 5.41) is 0. The predicted molar refractivity (Wildman–Crippen MR) is 159 cm³/mol. The Kier molecular flexibility index (Phi) is 8.16. The summed E-state index contributed by atoms with van der Waals surface area (Å²) in [6.07, 6.45) is 1.69. The van der Waals surface area contributed by atoms with Gasteiger partial charge in [0, 0.05) is 20.6 Å². The van der Waals surface area contributed by atoms with E-state index in [4.69, 9.17) is 18.6 Å². The molecular weight excluding hydrogens is 664 g/mol. The molecule has 1 unspecified atom stereocenters. The van der Waals surface area contributed by atoms with Gasteiger partial charge in [0.1, 0.15) is 11.5 Å². The standard InChI is InChI=1S/C29H24Br2N2O6S/c1-5-38-28(35)25-15(2)32-29-33(26(25)19-13-22(36-3)23(37-4)14-20(19)31)27(34)24(40-29)12-18-9-10-21(39-18)16-7-6-8-17(30)11-16/h6-14,26H,5H2,1-4H3/b24-12-. The van der Waals surface area contributed by atoms with Gasteiger partial charge >= 0.3 is 5.97 Å². The molecule has 1 atom stereocenters. The molecule has 0 saturated carbocycles. The first-order valence-electron chi connectivity index (χ1n) is 12.2. The van der Waals surface area contributed by atoms with E-state index in [1.807, 2.05) is 36.4 Å². The van der Waals surface area contributed by atoms with Gasteiger partial charge in [-0.05, 0) is 55.8 Å². The van der Waals surface area contributed by atoms with Crippen molar-refractivity contribution >= 4 is 55.2 Å². The first kappa shape index (κ1) is 28.1. The number of halogens is 2. The number of hydrogen-bond donors (Lipinski definition) is 0. The molecule has 5 rings (SSSR count). The van der Waals surface area contributed by atoms with Crippen LogP contribution in [0.25, 0.3) is 17.4 Å². The van der Waals surface area contributed by atoms with E-state index in [2.05, 4.69) is 36.9 Å². The molecule has 11 heteroatoms. The second-order valence-corrected chi connectivity index (χ2v) is 11.5. The van der Waals surface area contributed by atoms with Crippen LogP contribution in [0.4, 0.5) is 0 Å². The molecule has 0 fully saturated rings. The van der Waals surface area contributed by atoms with Crippen molar-refractivity contribution in [1.29, 1.82) is 0 Å². The minimum atomic E-state index is -0.819. The average Bonchev–Trinajstić information content (AvgIpc) is 3.52. The molecule has 2 aromatic carbocycles. The van der Waals surface area contributed by atoms with Crippen molar-refractivity contribution in [3.63, 3.8) is 0 Å². The number of benzene rings is 2. The Bertz CT molecular complexity index is 1840. The third-order valence-corrected chi connectivity index (χ3v) is 8.49. The lowest BCUT2D eigenvalue weighted by Crippen LogP contribution is -2.40. The summed E-state index contributed by atoms with van der Waals surface area (Å²) in [6.45, 7) is 3.65. The Morgan fingerprint density at radius 3 is 2.58 bits per heavy atom. The maximum absolute atomic E-state index is 13.9. The first-order valence-corrected chi connectivity index (χ1v) is 14.6. The highest BCUT2D eigenvalue weighted by atomic mass is 79.9. The molecule has 0 radical (unpaired) electrons. The van der Waals surface area contributed by atoms with Gasteiger partial charge in [-0.3, -0.25) is 9.36 Å². The first-order chi connectivity index (χ1) is 19.2. The number of carbonyl (C=O) groups excluding carboxylic acids is 1. The minimum absolute atomic E-state index is 0.179. The third kappa shape index (κ3) is 5.21. The van der Waals surface area contributed by atoms with Crippen LogP contribution in [0.1, 0.15) is 31.2 Å². The van der Waals surface area contributed by atoms with E-state index in [0.717, 1.165) is 10.0 Å². The Hall–Kier alpha value is -3.41. The number of carbonyl (C=O) groups is 1. The van der Waals surface area contributed by atoms with E-state index in [-0.39, 0.29) is 17.7 Å². The fourth-order valence-corrected chi connectivity index (χ4v) is 6.49. The fourth-order valence-electron chi connectivity index (χ4n) is 4.52. The SMILES string of the molecule is CCOC(=O)C1=C(C)N=c2s/c(=C\c3ccc(-c4cccc(Br)c4)o3)c(=O)n2C1c1cc(OC)c(OC)cc1Br. The smallest absolute Gasteiger partial charge is 0.338 e. The van der Waals surface area contributed by atoms with E-state index in [1.165, 1.54) is 30.1 Å². The van der Waals surface area contributed by atoms with Gasteiger partial charge in [0.2, 0.25) is 0 Å². The molecule has 4 aromatic rings. The minimum Gasteiger partial charge on any atom is -0.493 e. The van der Waals surface area contributed by atoms with E-state index < -0.39 is 12.0 Å². The summed E-state index contributed by atoms with van der Waals surface area (Å²) in [6, 6.07) is 14.1. The van der Waals surface area contributed by atoms with Crippen LogP contribution in [0.15, 0.2) is 83.0 Å². The molecule has 206 valence electrons. The normalized spacial score (nSPS) is 15.1. The molecular formula is C29H24Br2N2O6S. The molecule has 40 heavy (non-hydrogen) atoms. The molecule has 0 N–H and O–H groups in total. The number of allylic oxidation sites excluding steroid dienone is 1. The van der Waals surface area contributed by atoms with Crippen LogP contribution in [0.3, 0.4) is 0 Å². The summed E-state index contributed by atoms with van der Waals surface area (Å²) in [5.74, 6) is 1.60. The monoisotopic (exact) mass is 686 g/mol. The number of hydrogen-bond acceptors (Lipinski definition) is 8. The second-order valence-electron chi connectivity index (χ2n) is 8.74.